The summed E-state index contributed by atoms with van der Waals surface area (Å²) in [6.07, 6.45) is 0.702. The highest BCUT2D eigenvalue weighted by Crippen LogP contribution is 2.23. The Morgan fingerprint density at radius 2 is 1.62 bits per heavy atom. The van der Waals surface area contributed by atoms with Gasteiger partial charge in [0.2, 0.25) is 15.9 Å². The van der Waals surface area contributed by atoms with Crippen molar-refractivity contribution in [2.45, 2.75) is 17.7 Å². The van der Waals surface area contributed by atoms with Crippen LogP contribution in [0.2, 0.25) is 0 Å². The maximum atomic E-state index is 13.1. The number of nitrogens with zero attached hydrogens (tertiary/aromatic N) is 3. The molecule has 32 heavy (non-hydrogen) atoms. The zero-order chi connectivity index (χ0) is 22.1. The van der Waals surface area contributed by atoms with Gasteiger partial charge in [0.25, 0.3) is 0 Å². The SMILES string of the molecule is O=C(CCc1nc2ccccc2o1)N1CCN(S(=O)(=O)c2ccc3ccccc3c2)CC1. The highest BCUT2D eigenvalue weighted by molar-refractivity contribution is 7.89. The van der Waals surface area contributed by atoms with E-state index in [0.29, 0.717) is 31.0 Å². The summed E-state index contributed by atoms with van der Waals surface area (Å²) in [5.41, 5.74) is 1.49. The number of amides is 1. The maximum absolute atomic E-state index is 13.1. The van der Waals surface area contributed by atoms with Gasteiger partial charge < -0.3 is 9.32 Å². The Labute approximate surface area is 186 Å². The number of hydrogen-bond donors (Lipinski definition) is 0. The van der Waals surface area contributed by atoms with Crippen LogP contribution in [-0.4, -0.2) is 54.7 Å². The second-order valence-electron chi connectivity index (χ2n) is 7.87. The molecule has 3 aromatic carbocycles. The van der Waals surface area contributed by atoms with Crippen LogP contribution < -0.4 is 0 Å². The van der Waals surface area contributed by atoms with Crippen LogP contribution in [0.4, 0.5) is 0 Å². The Morgan fingerprint density at radius 3 is 2.41 bits per heavy atom. The molecule has 2 heterocycles. The van der Waals surface area contributed by atoms with Gasteiger partial charge in [-0.3, -0.25) is 4.79 Å². The highest BCUT2D eigenvalue weighted by atomic mass is 32.2. The van der Waals surface area contributed by atoms with Gasteiger partial charge in [-0.15, -0.1) is 0 Å². The van der Waals surface area contributed by atoms with E-state index in [0.717, 1.165) is 16.3 Å². The van der Waals surface area contributed by atoms with Gasteiger partial charge in [0.1, 0.15) is 5.52 Å². The van der Waals surface area contributed by atoms with E-state index in [1.807, 2.05) is 54.6 Å². The fourth-order valence-corrected chi connectivity index (χ4v) is 5.51. The van der Waals surface area contributed by atoms with E-state index in [1.54, 1.807) is 17.0 Å². The van der Waals surface area contributed by atoms with Crippen LogP contribution in [0.15, 0.2) is 76.0 Å². The minimum Gasteiger partial charge on any atom is -0.441 e. The van der Waals surface area contributed by atoms with Crippen LogP contribution in [0.5, 0.6) is 0 Å². The smallest absolute Gasteiger partial charge is 0.243 e. The molecule has 0 saturated carbocycles. The van der Waals surface area contributed by atoms with Crippen molar-refractivity contribution in [1.82, 2.24) is 14.2 Å². The summed E-state index contributed by atoms with van der Waals surface area (Å²) in [5, 5.41) is 1.89. The van der Waals surface area contributed by atoms with Crippen molar-refractivity contribution in [3.63, 3.8) is 0 Å². The fraction of sp³-hybridized carbons (Fsp3) is 0.250. The summed E-state index contributed by atoms with van der Waals surface area (Å²) in [6.45, 7) is 1.31. The van der Waals surface area contributed by atoms with Crippen LogP contribution >= 0.6 is 0 Å². The van der Waals surface area contributed by atoms with E-state index in [-0.39, 0.29) is 30.3 Å². The first-order valence-electron chi connectivity index (χ1n) is 10.6. The molecule has 1 aliphatic heterocycles. The Balaban J connectivity index is 1.20. The van der Waals surface area contributed by atoms with E-state index in [4.69, 9.17) is 4.42 Å². The predicted molar refractivity (Wildman–Crippen MR) is 122 cm³/mol. The number of benzene rings is 3. The monoisotopic (exact) mass is 449 g/mol. The van der Waals surface area contributed by atoms with Crippen LogP contribution in [0.1, 0.15) is 12.3 Å². The number of fused-ring (bicyclic) bond motifs is 2. The van der Waals surface area contributed by atoms with Crippen molar-refractivity contribution in [3.05, 3.63) is 72.6 Å². The molecule has 0 N–H and O–H groups in total. The first-order chi connectivity index (χ1) is 15.5. The maximum Gasteiger partial charge on any atom is 0.243 e. The Morgan fingerprint density at radius 1 is 0.906 bits per heavy atom. The van der Waals surface area contributed by atoms with Crippen molar-refractivity contribution >= 4 is 37.8 Å². The van der Waals surface area contributed by atoms with Crippen LogP contribution in [0.25, 0.3) is 21.9 Å². The third-order valence-corrected chi connectivity index (χ3v) is 7.74. The molecule has 7 nitrogen and oxygen atoms in total. The molecule has 1 saturated heterocycles. The number of oxazole rings is 1. The average molecular weight is 450 g/mol. The molecule has 0 aliphatic carbocycles. The molecular weight excluding hydrogens is 426 g/mol. The number of sulfonamides is 1. The normalized spacial score (nSPS) is 15.4. The van der Waals surface area contributed by atoms with E-state index in [9.17, 15) is 13.2 Å². The summed E-state index contributed by atoms with van der Waals surface area (Å²) in [6, 6.07) is 20.4. The second-order valence-corrected chi connectivity index (χ2v) is 9.81. The lowest BCUT2D eigenvalue weighted by Crippen LogP contribution is -2.50. The summed E-state index contributed by atoms with van der Waals surface area (Å²) in [5.74, 6) is 0.520. The van der Waals surface area contributed by atoms with Crippen LogP contribution in [-0.2, 0) is 21.2 Å². The van der Waals surface area contributed by atoms with E-state index >= 15 is 0 Å². The third kappa shape index (κ3) is 3.99. The van der Waals surface area contributed by atoms with Gasteiger partial charge in [0.15, 0.2) is 11.5 Å². The number of aromatic nitrogens is 1. The Bertz CT molecular complexity index is 1360. The molecule has 4 aromatic rings. The van der Waals surface area contributed by atoms with Crippen molar-refractivity contribution in [2.75, 3.05) is 26.2 Å². The molecule has 1 fully saturated rings. The minimum atomic E-state index is -3.60. The van der Waals surface area contributed by atoms with Gasteiger partial charge in [-0.1, -0.05) is 42.5 Å². The van der Waals surface area contributed by atoms with Crippen LogP contribution in [0.3, 0.4) is 0 Å². The number of carbonyl (C=O) groups is 1. The van der Waals surface area contributed by atoms with Gasteiger partial charge in [-0.05, 0) is 35.0 Å². The van der Waals surface area contributed by atoms with Crippen LogP contribution in [0, 0.1) is 0 Å². The fourth-order valence-electron chi connectivity index (χ4n) is 4.05. The summed E-state index contributed by atoms with van der Waals surface area (Å²) in [7, 11) is -3.60. The molecule has 0 bridgehead atoms. The van der Waals surface area contributed by atoms with Gasteiger partial charge in [-0.25, -0.2) is 13.4 Å². The zero-order valence-corrected chi connectivity index (χ0v) is 18.3. The number of aryl methyl sites for hydroxylation is 1. The minimum absolute atomic E-state index is 0.0185. The van der Waals surface area contributed by atoms with E-state index < -0.39 is 10.0 Å². The number of carbonyl (C=O) groups excluding carboxylic acids is 1. The van der Waals surface area contributed by atoms with Gasteiger partial charge in [0, 0.05) is 39.0 Å². The quantitative estimate of drug-likeness (QED) is 0.466. The lowest BCUT2D eigenvalue weighted by molar-refractivity contribution is -0.132. The molecule has 1 aliphatic rings. The van der Waals surface area contributed by atoms with Gasteiger partial charge in [0.05, 0.1) is 4.90 Å². The molecule has 0 atom stereocenters. The largest absolute Gasteiger partial charge is 0.441 e. The first-order valence-corrected chi connectivity index (χ1v) is 12.1. The van der Waals surface area contributed by atoms with E-state index in [2.05, 4.69) is 4.98 Å². The molecule has 0 unspecified atom stereocenters. The predicted octanol–water partition coefficient (Wildman–Crippen LogP) is 3.45. The number of piperazine rings is 1. The lowest BCUT2D eigenvalue weighted by atomic mass is 10.1. The summed E-state index contributed by atoms with van der Waals surface area (Å²) in [4.78, 5) is 19.1. The van der Waals surface area contributed by atoms with Crippen molar-refractivity contribution in [1.29, 1.82) is 0 Å². The van der Waals surface area contributed by atoms with Crippen molar-refractivity contribution in [3.8, 4) is 0 Å². The Kier molecular flexibility index (Phi) is 5.40. The molecule has 0 radical (unpaired) electrons. The number of rotatable bonds is 5. The summed E-state index contributed by atoms with van der Waals surface area (Å²) >= 11 is 0. The molecule has 1 amide bonds. The topological polar surface area (TPSA) is 83.7 Å². The zero-order valence-electron chi connectivity index (χ0n) is 17.5. The summed E-state index contributed by atoms with van der Waals surface area (Å²) < 4.78 is 33.3. The number of hydrogen-bond acceptors (Lipinski definition) is 5. The van der Waals surface area contributed by atoms with Crippen molar-refractivity contribution in [2.24, 2.45) is 0 Å². The Hall–Kier alpha value is -3.23. The average Bonchev–Trinajstić information content (AvgIpc) is 3.25. The van der Waals surface area contributed by atoms with E-state index in [1.165, 1.54) is 4.31 Å². The second kappa shape index (κ2) is 8.37. The molecule has 5 rings (SSSR count). The molecule has 1 aromatic heterocycles. The van der Waals surface area contributed by atoms with Crippen molar-refractivity contribution < 1.29 is 17.6 Å². The first kappa shape index (κ1) is 20.7. The molecular formula is C24H23N3O4S. The standard InChI is InChI=1S/C24H23N3O4S/c28-24(12-11-23-25-21-7-3-4-8-22(21)31-23)26-13-15-27(16-14-26)32(29,30)20-10-9-18-5-1-2-6-19(18)17-20/h1-10,17H,11-16H2. The highest BCUT2D eigenvalue weighted by Gasteiger charge is 2.30. The third-order valence-electron chi connectivity index (χ3n) is 5.84. The lowest BCUT2D eigenvalue weighted by Gasteiger charge is -2.34. The van der Waals surface area contributed by atoms with Gasteiger partial charge in [-0.2, -0.15) is 4.31 Å². The molecule has 8 heteroatoms. The van der Waals surface area contributed by atoms with Gasteiger partial charge >= 0.3 is 0 Å². The number of para-hydroxylation sites is 2. The molecule has 164 valence electrons. The molecule has 0 spiro atoms.